The molecule has 0 bridgehead atoms. The zero-order chi connectivity index (χ0) is 11.8. The number of aryl methyl sites for hydroxylation is 1. The van der Waals surface area contributed by atoms with E-state index in [9.17, 15) is 0 Å². The molecule has 0 aliphatic heterocycles. The summed E-state index contributed by atoms with van der Waals surface area (Å²) in [7, 11) is 0. The molecule has 0 radical (unpaired) electrons. The van der Waals surface area contributed by atoms with Crippen molar-refractivity contribution in [2.45, 2.75) is 6.92 Å². The summed E-state index contributed by atoms with van der Waals surface area (Å²) in [6.45, 7) is 1.89. The van der Waals surface area contributed by atoms with E-state index in [1.54, 1.807) is 6.26 Å². The van der Waals surface area contributed by atoms with Crippen LogP contribution in [0.2, 0.25) is 5.28 Å². The minimum atomic E-state index is 0.255. The molecule has 3 nitrogen and oxygen atoms in total. The molecule has 0 amide bonds. The number of rotatable bonds is 1. The van der Waals surface area contributed by atoms with Crippen LogP contribution in [-0.4, -0.2) is 9.97 Å². The van der Waals surface area contributed by atoms with Crippen molar-refractivity contribution in [3.8, 4) is 11.3 Å². The minimum Gasteiger partial charge on any atom is -0.464 e. The van der Waals surface area contributed by atoms with E-state index in [1.165, 1.54) is 0 Å². The molecule has 2 aromatic heterocycles. The molecule has 3 rings (SSSR count). The smallest absolute Gasteiger partial charge is 0.223 e. The third-order valence-electron chi connectivity index (χ3n) is 2.58. The number of aromatic nitrogens is 2. The lowest BCUT2D eigenvalue weighted by atomic mass is 10.1. The second kappa shape index (κ2) is 3.86. The first-order valence-electron chi connectivity index (χ1n) is 5.22. The van der Waals surface area contributed by atoms with Crippen LogP contribution in [0.5, 0.6) is 0 Å². The minimum absolute atomic E-state index is 0.255. The molecule has 0 fully saturated rings. The highest BCUT2D eigenvalue weighted by Crippen LogP contribution is 2.29. The van der Waals surface area contributed by atoms with Crippen molar-refractivity contribution in [2.75, 3.05) is 0 Å². The number of hydrogen-bond acceptors (Lipinski definition) is 3. The van der Waals surface area contributed by atoms with Crippen LogP contribution in [0.25, 0.3) is 22.2 Å². The molecule has 0 unspecified atom stereocenters. The number of hydrogen-bond donors (Lipinski definition) is 0. The van der Waals surface area contributed by atoms with E-state index in [0.29, 0.717) is 0 Å². The molecule has 2 heterocycles. The number of halogens is 1. The summed E-state index contributed by atoms with van der Waals surface area (Å²) in [5, 5.41) is 1.28. The number of para-hydroxylation sites is 1. The normalized spacial score (nSPS) is 10.9. The number of furan rings is 1. The second-order valence-corrected chi connectivity index (χ2v) is 4.15. The Morgan fingerprint density at radius 3 is 2.82 bits per heavy atom. The standard InChI is InChI=1S/C13H9ClN2O/c1-8-6-11(16-13(14)15-8)10-7-17-12-5-3-2-4-9(10)12/h2-7H,1H3. The number of fused-ring (bicyclic) bond motifs is 1. The quantitative estimate of drug-likeness (QED) is 0.611. The largest absolute Gasteiger partial charge is 0.464 e. The molecular weight excluding hydrogens is 236 g/mol. The average molecular weight is 245 g/mol. The predicted molar refractivity (Wildman–Crippen MR) is 67.0 cm³/mol. The van der Waals surface area contributed by atoms with Gasteiger partial charge in [-0.2, -0.15) is 0 Å². The van der Waals surface area contributed by atoms with Crippen LogP contribution < -0.4 is 0 Å². The molecule has 1 aromatic carbocycles. The van der Waals surface area contributed by atoms with Crippen molar-refractivity contribution in [2.24, 2.45) is 0 Å². The first kappa shape index (κ1) is 10.3. The molecule has 4 heteroatoms. The van der Waals surface area contributed by atoms with Crippen molar-refractivity contribution >= 4 is 22.6 Å². The highest BCUT2D eigenvalue weighted by Gasteiger charge is 2.10. The van der Waals surface area contributed by atoms with Crippen LogP contribution in [0.1, 0.15) is 5.69 Å². The van der Waals surface area contributed by atoms with Gasteiger partial charge in [0, 0.05) is 16.6 Å². The lowest BCUT2D eigenvalue weighted by Crippen LogP contribution is -1.89. The first-order valence-corrected chi connectivity index (χ1v) is 5.59. The van der Waals surface area contributed by atoms with Crippen molar-refractivity contribution in [1.29, 1.82) is 0 Å². The third-order valence-corrected chi connectivity index (χ3v) is 2.75. The van der Waals surface area contributed by atoms with Crippen LogP contribution in [-0.2, 0) is 0 Å². The maximum absolute atomic E-state index is 5.87. The van der Waals surface area contributed by atoms with Gasteiger partial charge in [-0.25, -0.2) is 9.97 Å². The summed E-state index contributed by atoms with van der Waals surface area (Å²) >= 11 is 5.87. The summed E-state index contributed by atoms with van der Waals surface area (Å²) in [6, 6.07) is 9.72. The van der Waals surface area contributed by atoms with E-state index in [0.717, 1.165) is 27.9 Å². The SMILES string of the molecule is Cc1cc(-c2coc3ccccc23)nc(Cl)n1. The number of benzene rings is 1. The maximum Gasteiger partial charge on any atom is 0.223 e. The summed E-state index contributed by atoms with van der Waals surface area (Å²) < 4.78 is 5.48. The highest BCUT2D eigenvalue weighted by molar-refractivity contribution is 6.28. The zero-order valence-electron chi connectivity index (χ0n) is 9.14. The first-order chi connectivity index (χ1) is 8.24. The van der Waals surface area contributed by atoms with Gasteiger partial charge in [-0.05, 0) is 30.7 Å². The predicted octanol–water partition coefficient (Wildman–Crippen LogP) is 3.85. The van der Waals surface area contributed by atoms with Gasteiger partial charge in [0.15, 0.2) is 0 Å². The highest BCUT2D eigenvalue weighted by atomic mass is 35.5. The molecule has 0 saturated carbocycles. The maximum atomic E-state index is 5.87. The summed E-state index contributed by atoms with van der Waals surface area (Å²) in [6.07, 6.45) is 1.70. The Morgan fingerprint density at radius 1 is 1.18 bits per heavy atom. The van der Waals surface area contributed by atoms with Gasteiger partial charge >= 0.3 is 0 Å². The van der Waals surface area contributed by atoms with E-state index in [-0.39, 0.29) is 5.28 Å². The van der Waals surface area contributed by atoms with Gasteiger partial charge in [-0.1, -0.05) is 18.2 Å². The van der Waals surface area contributed by atoms with E-state index >= 15 is 0 Å². The van der Waals surface area contributed by atoms with Gasteiger partial charge in [0.05, 0.1) is 5.69 Å². The Morgan fingerprint density at radius 2 is 2.00 bits per heavy atom. The molecule has 84 valence electrons. The van der Waals surface area contributed by atoms with Crippen molar-refractivity contribution in [3.05, 3.63) is 47.6 Å². The zero-order valence-corrected chi connectivity index (χ0v) is 9.90. The van der Waals surface area contributed by atoms with E-state index in [4.69, 9.17) is 16.0 Å². The Hall–Kier alpha value is -1.87. The van der Waals surface area contributed by atoms with Gasteiger partial charge in [-0.3, -0.25) is 0 Å². The monoisotopic (exact) mass is 244 g/mol. The van der Waals surface area contributed by atoms with Crippen molar-refractivity contribution in [1.82, 2.24) is 9.97 Å². The van der Waals surface area contributed by atoms with Gasteiger partial charge in [0.25, 0.3) is 0 Å². The Bertz CT molecular complexity index is 670. The van der Waals surface area contributed by atoms with Crippen molar-refractivity contribution in [3.63, 3.8) is 0 Å². The molecule has 17 heavy (non-hydrogen) atoms. The van der Waals surface area contributed by atoms with Crippen LogP contribution >= 0.6 is 11.6 Å². The summed E-state index contributed by atoms with van der Waals surface area (Å²) in [4.78, 5) is 8.27. The second-order valence-electron chi connectivity index (χ2n) is 3.81. The fourth-order valence-electron chi connectivity index (χ4n) is 1.85. The molecule has 0 aliphatic carbocycles. The molecule has 0 saturated heterocycles. The molecule has 0 N–H and O–H groups in total. The Labute approximate surface area is 103 Å². The fourth-order valence-corrected chi connectivity index (χ4v) is 2.07. The fraction of sp³-hybridized carbons (Fsp3) is 0.0769. The summed E-state index contributed by atoms with van der Waals surface area (Å²) in [5.41, 5.74) is 3.40. The Balaban J connectivity index is 2.27. The summed E-state index contributed by atoms with van der Waals surface area (Å²) in [5.74, 6) is 0. The van der Waals surface area contributed by atoms with Crippen molar-refractivity contribution < 1.29 is 4.42 Å². The van der Waals surface area contributed by atoms with E-state index in [2.05, 4.69) is 9.97 Å². The molecular formula is C13H9ClN2O. The lowest BCUT2D eigenvalue weighted by molar-refractivity contribution is 0.617. The van der Waals surface area contributed by atoms with Crippen LogP contribution in [0.15, 0.2) is 41.0 Å². The average Bonchev–Trinajstić information content (AvgIpc) is 2.71. The topological polar surface area (TPSA) is 38.9 Å². The van der Waals surface area contributed by atoms with E-state index in [1.807, 2.05) is 37.3 Å². The molecule has 0 atom stereocenters. The Kier molecular flexibility index (Phi) is 2.34. The van der Waals surface area contributed by atoms with Crippen LogP contribution in [0, 0.1) is 6.92 Å². The van der Waals surface area contributed by atoms with Crippen LogP contribution in [0.4, 0.5) is 0 Å². The molecule has 0 spiro atoms. The van der Waals surface area contributed by atoms with Gasteiger partial charge in [0.1, 0.15) is 11.8 Å². The van der Waals surface area contributed by atoms with Gasteiger partial charge in [-0.15, -0.1) is 0 Å². The molecule has 0 aliphatic rings. The van der Waals surface area contributed by atoms with Gasteiger partial charge < -0.3 is 4.42 Å². The lowest BCUT2D eigenvalue weighted by Gasteiger charge is -2.00. The third kappa shape index (κ3) is 1.78. The number of nitrogens with zero attached hydrogens (tertiary/aromatic N) is 2. The van der Waals surface area contributed by atoms with E-state index < -0.39 is 0 Å². The molecule has 3 aromatic rings. The van der Waals surface area contributed by atoms with Gasteiger partial charge in [0.2, 0.25) is 5.28 Å². The van der Waals surface area contributed by atoms with Crippen LogP contribution in [0.3, 0.4) is 0 Å².